The van der Waals surface area contributed by atoms with E-state index in [1.165, 1.54) is 6.92 Å². The predicted molar refractivity (Wildman–Crippen MR) is 128 cm³/mol. The average molecular weight is 599 g/mol. The molecule has 1 amide bonds. The molecule has 0 spiro atoms. The fourth-order valence-electron chi connectivity index (χ4n) is 4.98. The maximum absolute atomic E-state index is 13.7. The second-order valence-corrected chi connectivity index (χ2v) is 9.49. The van der Waals surface area contributed by atoms with Gasteiger partial charge in [0.1, 0.15) is 0 Å². The Labute approximate surface area is 229 Å². The van der Waals surface area contributed by atoms with Crippen molar-refractivity contribution in [2.24, 2.45) is 0 Å². The van der Waals surface area contributed by atoms with Gasteiger partial charge in [-0.15, -0.1) is 0 Å². The lowest BCUT2D eigenvalue weighted by Gasteiger charge is -2.43. The fourth-order valence-corrected chi connectivity index (χ4v) is 4.98. The number of nitrogens with zero attached hydrogens (tertiary/aromatic N) is 1. The number of hydrogen-bond donors (Lipinski definition) is 0. The van der Waals surface area contributed by atoms with Gasteiger partial charge in [-0.05, 0) is 73.2 Å². The number of benzene rings is 2. The highest BCUT2D eigenvalue weighted by molar-refractivity contribution is 5.90. The first-order valence-electron chi connectivity index (χ1n) is 12.5. The Morgan fingerprint density at radius 3 is 1.88 bits per heavy atom. The van der Waals surface area contributed by atoms with Crippen molar-refractivity contribution in [3.05, 3.63) is 64.2 Å². The molecule has 5 nitrogen and oxygen atoms in total. The summed E-state index contributed by atoms with van der Waals surface area (Å²) in [5.74, 6) is -3.53. The first-order chi connectivity index (χ1) is 18.9. The summed E-state index contributed by atoms with van der Waals surface area (Å²) in [6, 6.07) is 2.55. The third-order valence-electron chi connectivity index (χ3n) is 6.83. The van der Waals surface area contributed by atoms with Crippen molar-refractivity contribution in [1.29, 1.82) is 0 Å². The van der Waals surface area contributed by atoms with E-state index >= 15 is 0 Å². The van der Waals surface area contributed by atoms with E-state index in [0.717, 1.165) is 17.9 Å². The first kappa shape index (κ1) is 32.1. The summed E-state index contributed by atoms with van der Waals surface area (Å²) >= 11 is 0. The van der Waals surface area contributed by atoms with Crippen LogP contribution in [0.15, 0.2) is 36.4 Å². The molecule has 226 valence electrons. The van der Waals surface area contributed by atoms with Gasteiger partial charge < -0.3 is 9.47 Å². The summed E-state index contributed by atoms with van der Waals surface area (Å²) in [5, 5.41) is 0. The molecule has 0 saturated carbocycles. The van der Waals surface area contributed by atoms with Crippen molar-refractivity contribution in [2.45, 2.75) is 70.0 Å². The van der Waals surface area contributed by atoms with Gasteiger partial charge in [0.2, 0.25) is 0 Å². The number of halogens is 9. The van der Waals surface area contributed by atoms with Crippen molar-refractivity contribution in [1.82, 2.24) is 0 Å². The number of hydrogen-bond acceptors (Lipinski definition) is 4. The van der Waals surface area contributed by atoms with Gasteiger partial charge in [-0.2, -0.15) is 39.5 Å². The number of fused-ring (bicyclic) bond motifs is 1. The number of esters is 1. The zero-order valence-electron chi connectivity index (χ0n) is 22.0. The molecule has 1 aliphatic rings. The molecule has 0 fully saturated rings. The average Bonchev–Trinajstić information content (AvgIpc) is 2.86. The van der Waals surface area contributed by atoms with Crippen LogP contribution in [0, 0.1) is 0 Å². The second-order valence-electron chi connectivity index (χ2n) is 9.49. The Morgan fingerprint density at radius 1 is 0.854 bits per heavy atom. The Bertz CT molecular complexity index is 1240. The molecule has 2 aromatic rings. The molecule has 14 heteroatoms. The number of alkyl halides is 9. The van der Waals surface area contributed by atoms with Gasteiger partial charge >= 0.3 is 30.6 Å². The highest BCUT2D eigenvalue weighted by Gasteiger charge is 2.44. The molecule has 3 rings (SSSR count). The third-order valence-corrected chi connectivity index (χ3v) is 6.83. The molecule has 2 aromatic carbocycles. The standard InChI is InChI=1S/C27H26F9NO4/c1-4-19-12-20(21-11-16(25(28,29)30)6-7-23(21)37(19)24(39)40-5-2)22(13-41-14(3)38)15-8-17(26(31,32)33)10-18(9-15)27(34,35)36/h6-11,19-20,22H,4-5,12-13H2,1-3H3/t19-,20-,22-/m1/s1. The Kier molecular flexibility index (Phi) is 9.23. The lowest BCUT2D eigenvalue weighted by Crippen LogP contribution is -2.46. The van der Waals surface area contributed by atoms with Crippen LogP contribution >= 0.6 is 0 Å². The molecule has 0 bridgehead atoms. The molecule has 0 saturated heterocycles. The summed E-state index contributed by atoms with van der Waals surface area (Å²) in [4.78, 5) is 25.7. The first-order valence-corrected chi connectivity index (χ1v) is 12.5. The predicted octanol–water partition coefficient (Wildman–Crippen LogP) is 8.32. The van der Waals surface area contributed by atoms with Crippen molar-refractivity contribution < 1.29 is 58.6 Å². The minimum absolute atomic E-state index is 0.0459. The zero-order chi connectivity index (χ0) is 30.9. The summed E-state index contributed by atoms with van der Waals surface area (Å²) in [7, 11) is 0. The molecule has 3 atom stereocenters. The Balaban J connectivity index is 2.33. The van der Waals surface area contributed by atoms with E-state index < -0.39 is 77.3 Å². The molecule has 0 radical (unpaired) electrons. The fraction of sp³-hybridized carbons (Fsp3) is 0.481. The molecule has 0 N–H and O–H groups in total. The maximum Gasteiger partial charge on any atom is 0.416 e. The monoisotopic (exact) mass is 599 g/mol. The quantitative estimate of drug-likeness (QED) is 0.248. The molecule has 0 aliphatic carbocycles. The lowest BCUT2D eigenvalue weighted by atomic mass is 9.73. The topological polar surface area (TPSA) is 55.8 Å². The molecular weight excluding hydrogens is 573 g/mol. The van der Waals surface area contributed by atoms with Crippen LogP contribution in [0.4, 0.5) is 50.0 Å². The van der Waals surface area contributed by atoms with Gasteiger partial charge in [-0.1, -0.05) is 6.92 Å². The molecule has 1 heterocycles. The van der Waals surface area contributed by atoms with E-state index in [4.69, 9.17) is 9.47 Å². The third kappa shape index (κ3) is 7.25. The van der Waals surface area contributed by atoms with Crippen LogP contribution in [0.5, 0.6) is 0 Å². The molecule has 1 aliphatic heterocycles. The van der Waals surface area contributed by atoms with Crippen molar-refractivity contribution >= 4 is 17.7 Å². The van der Waals surface area contributed by atoms with E-state index in [1.54, 1.807) is 6.92 Å². The Hall–Kier alpha value is -3.45. The number of carbonyl (C=O) groups is 2. The van der Waals surface area contributed by atoms with Crippen LogP contribution < -0.4 is 4.90 Å². The number of carbonyl (C=O) groups excluding carboxylic acids is 2. The van der Waals surface area contributed by atoms with E-state index in [-0.39, 0.29) is 36.8 Å². The summed E-state index contributed by atoms with van der Waals surface area (Å²) in [5.41, 5.74) is -5.16. The summed E-state index contributed by atoms with van der Waals surface area (Å²) in [6.07, 6.45) is -16.1. The summed E-state index contributed by atoms with van der Waals surface area (Å²) < 4.78 is 133. The van der Waals surface area contributed by atoms with Crippen LogP contribution in [-0.2, 0) is 32.8 Å². The number of rotatable bonds is 6. The second kappa shape index (κ2) is 11.8. The lowest BCUT2D eigenvalue weighted by molar-refractivity contribution is -0.144. The van der Waals surface area contributed by atoms with Gasteiger partial charge in [0, 0.05) is 18.9 Å². The van der Waals surface area contributed by atoms with Crippen LogP contribution in [0.2, 0.25) is 0 Å². The van der Waals surface area contributed by atoms with E-state index in [1.807, 2.05) is 0 Å². The van der Waals surface area contributed by atoms with Gasteiger partial charge in [0.25, 0.3) is 0 Å². The van der Waals surface area contributed by atoms with E-state index in [0.29, 0.717) is 24.3 Å². The van der Waals surface area contributed by atoms with Crippen LogP contribution in [0.25, 0.3) is 0 Å². The largest absolute Gasteiger partial charge is 0.465 e. The molecular formula is C27H26F9NO4. The van der Waals surface area contributed by atoms with Crippen LogP contribution in [-0.4, -0.2) is 31.3 Å². The molecule has 0 aromatic heterocycles. The van der Waals surface area contributed by atoms with Gasteiger partial charge in [0.15, 0.2) is 0 Å². The van der Waals surface area contributed by atoms with Crippen LogP contribution in [0.1, 0.15) is 73.3 Å². The molecule has 0 unspecified atom stereocenters. The van der Waals surface area contributed by atoms with Crippen molar-refractivity contribution in [3.63, 3.8) is 0 Å². The van der Waals surface area contributed by atoms with E-state index in [2.05, 4.69) is 0 Å². The zero-order valence-corrected chi connectivity index (χ0v) is 22.0. The number of anilines is 1. The summed E-state index contributed by atoms with van der Waals surface area (Å²) in [6.45, 7) is 3.34. The van der Waals surface area contributed by atoms with Crippen LogP contribution in [0.3, 0.4) is 0 Å². The minimum atomic E-state index is -5.19. The smallest absolute Gasteiger partial charge is 0.416 e. The highest BCUT2D eigenvalue weighted by atomic mass is 19.4. The number of amides is 1. The Morgan fingerprint density at radius 2 is 1.41 bits per heavy atom. The van der Waals surface area contributed by atoms with Crippen molar-refractivity contribution in [3.8, 4) is 0 Å². The SMILES string of the molecule is CCOC(=O)N1c2ccc(C(F)(F)F)cc2[C@H]([C@H](COC(C)=O)c2cc(C(F)(F)F)cc(C(F)(F)F)c2)C[C@H]1CC. The minimum Gasteiger partial charge on any atom is -0.465 e. The van der Waals surface area contributed by atoms with Crippen molar-refractivity contribution in [2.75, 3.05) is 18.1 Å². The maximum atomic E-state index is 13.7. The van der Waals surface area contributed by atoms with E-state index in [9.17, 15) is 49.1 Å². The number of ether oxygens (including phenoxy) is 2. The highest BCUT2D eigenvalue weighted by Crippen LogP contribution is 2.50. The normalized spacial score (nSPS) is 18.5. The van der Waals surface area contributed by atoms with Gasteiger partial charge in [0.05, 0.1) is 35.6 Å². The van der Waals surface area contributed by atoms with Gasteiger partial charge in [-0.25, -0.2) is 4.79 Å². The van der Waals surface area contributed by atoms with Gasteiger partial charge in [-0.3, -0.25) is 9.69 Å². The molecule has 41 heavy (non-hydrogen) atoms.